The highest BCUT2D eigenvalue weighted by atomic mass is 35.5. The average Bonchev–Trinajstić information content (AvgIpc) is 2.72. The van der Waals surface area contributed by atoms with E-state index in [-0.39, 0.29) is 24.4 Å². The Morgan fingerprint density at radius 1 is 1.18 bits per heavy atom. The molecule has 2 aliphatic rings. The van der Waals surface area contributed by atoms with Crippen LogP contribution in [0, 0.1) is 12.3 Å². The van der Waals surface area contributed by atoms with E-state index in [0.29, 0.717) is 24.7 Å². The van der Waals surface area contributed by atoms with E-state index in [1.807, 2.05) is 29.2 Å². The highest BCUT2D eigenvalue weighted by molar-refractivity contribution is 6.30. The Morgan fingerprint density at radius 3 is 2.68 bits per heavy atom. The largest absolute Gasteiger partial charge is 0.368 e. The first-order valence-corrected chi connectivity index (χ1v) is 10.2. The van der Waals surface area contributed by atoms with Gasteiger partial charge in [-0.05, 0) is 37.6 Å². The molecule has 0 spiro atoms. The lowest BCUT2D eigenvalue weighted by Gasteiger charge is -2.36. The van der Waals surface area contributed by atoms with Crippen LogP contribution in [0.1, 0.15) is 19.3 Å². The molecule has 7 heteroatoms. The number of amides is 2. The number of nitrogens with one attached hydrogen (secondary N) is 1. The number of hydrogen-bond donors (Lipinski definition) is 1. The SMILES string of the molecule is C#CCN1CCCCC1C(=O)NCC(=O)N1CCN(c2cccc(Cl)c2)CC1. The smallest absolute Gasteiger partial charge is 0.242 e. The molecule has 1 aromatic carbocycles. The molecule has 1 atom stereocenters. The summed E-state index contributed by atoms with van der Waals surface area (Å²) in [5, 5.41) is 3.53. The van der Waals surface area contributed by atoms with Crippen molar-refractivity contribution in [2.75, 3.05) is 50.7 Å². The molecule has 1 unspecified atom stereocenters. The summed E-state index contributed by atoms with van der Waals surface area (Å²) in [7, 11) is 0. The van der Waals surface area contributed by atoms with Crippen LogP contribution in [0.5, 0.6) is 0 Å². The number of terminal acetylenes is 1. The van der Waals surface area contributed by atoms with Gasteiger partial charge in [0.05, 0.1) is 19.1 Å². The van der Waals surface area contributed by atoms with Crippen molar-refractivity contribution in [2.45, 2.75) is 25.3 Å². The Morgan fingerprint density at radius 2 is 1.96 bits per heavy atom. The maximum atomic E-state index is 12.5. The number of benzene rings is 1. The van der Waals surface area contributed by atoms with E-state index in [1.165, 1.54) is 0 Å². The van der Waals surface area contributed by atoms with Crippen molar-refractivity contribution in [2.24, 2.45) is 0 Å². The van der Waals surface area contributed by atoms with E-state index in [9.17, 15) is 9.59 Å². The number of piperazine rings is 1. The molecule has 2 heterocycles. The molecule has 0 saturated carbocycles. The highest BCUT2D eigenvalue weighted by Gasteiger charge is 2.29. The molecule has 0 aromatic heterocycles. The van der Waals surface area contributed by atoms with Crippen LogP contribution in [0.15, 0.2) is 24.3 Å². The van der Waals surface area contributed by atoms with Crippen molar-refractivity contribution in [1.29, 1.82) is 0 Å². The van der Waals surface area contributed by atoms with Gasteiger partial charge in [-0.1, -0.05) is 30.0 Å². The van der Waals surface area contributed by atoms with E-state index in [1.54, 1.807) is 4.90 Å². The number of rotatable bonds is 5. The molecule has 2 aliphatic heterocycles. The lowest BCUT2D eigenvalue weighted by molar-refractivity contribution is -0.135. The quantitative estimate of drug-likeness (QED) is 0.760. The molecule has 1 aromatic rings. The van der Waals surface area contributed by atoms with Crippen molar-refractivity contribution < 1.29 is 9.59 Å². The number of nitrogens with zero attached hydrogens (tertiary/aromatic N) is 3. The molecular weight excluding hydrogens is 376 g/mol. The van der Waals surface area contributed by atoms with E-state index < -0.39 is 0 Å². The fraction of sp³-hybridized carbons (Fsp3) is 0.524. The Labute approximate surface area is 171 Å². The Bertz CT molecular complexity index is 740. The second-order valence-corrected chi connectivity index (χ2v) is 7.69. The molecule has 0 radical (unpaired) electrons. The van der Waals surface area contributed by atoms with Gasteiger partial charge in [0, 0.05) is 36.9 Å². The zero-order valence-electron chi connectivity index (χ0n) is 16.1. The third-order valence-electron chi connectivity index (χ3n) is 5.43. The van der Waals surface area contributed by atoms with Crippen LogP contribution in [0.25, 0.3) is 0 Å². The summed E-state index contributed by atoms with van der Waals surface area (Å²) in [6.45, 7) is 4.11. The van der Waals surface area contributed by atoms with Crippen molar-refractivity contribution in [1.82, 2.24) is 15.1 Å². The van der Waals surface area contributed by atoms with Crippen LogP contribution in [0.3, 0.4) is 0 Å². The second kappa shape index (κ2) is 9.81. The number of halogens is 1. The predicted octanol–water partition coefficient (Wildman–Crippen LogP) is 1.59. The van der Waals surface area contributed by atoms with E-state index >= 15 is 0 Å². The summed E-state index contributed by atoms with van der Waals surface area (Å²) in [5.74, 6) is 2.48. The second-order valence-electron chi connectivity index (χ2n) is 7.25. The van der Waals surface area contributed by atoms with Gasteiger partial charge < -0.3 is 15.1 Å². The molecule has 6 nitrogen and oxygen atoms in total. The molecule has 1 N–H and O–H groups in total. The molecule has 2 amide bonds. The zero-order valence-corrected chi connectivity index (χ0v) is 16.8. The van der Waals surface area contributed by atoms with Gasteiger partial charge in [-0.2, -0.15) is 0 Å². The number of likely N-dealkylation sites (tertiary alicyclic amines) is 1. The number of carbonyl (C=O) groups excluding carboxylic acids is 2. The summed E-state index contributed by atoms with van der Waals surface area (Å²) in [6, 6.07) is 7.52. The molecule has 150 valence electrons. The van der Waals surface area contributed by atoms with E-state index in [2.05, 4.69) is 16.1 Å². The monoisotopic (exact) mass is 402 g/mol. The Balaban J connectivity index is 1.45. The standard InChI is InChI=1S/C21H27ClN4O2/c1-2-9-25-10-4-3-8-19(25)21(28)23-16-20(27)26-13-11-24(12-14-26)18-7-5-6-17(22)15-18/h1,5-7,15,19H,3-4,8-14,16H2,(H,23,28). The topological polar surface area (TPSA) is 55.9 Å². The summed E-state index contributed by atoms with van der Waals surface area (Å²) >= 11 is 6.06. The van der Waals surface area contributed by atoms with Gasteiger partial charge in [-0.25, -0.2) is 0 Å². The summed E-state index contributed by atoms with van der Waals surface area (Å²) in [4.78, 5) is 31.1. The third kappa shape index (κ3) is 5.18. The van der Waals surface area contributed by atoms with Crippen molar-refractivity contribution in [3.05, 3.63) is 29.3 Å². The van der Waals surface area contributed by atoms with Gasteiger partial charge in [0.25, 0.3) is 0 Å². The van der Waals surface area contributed by atoms with Gasteiger partial charge >= 0.3 is 0 Å². The number of carbonyl (C=O) groups is 2. The molecule has 28 heavy (non-hydrogen) atoms. The van der Waals surface area contributed by atoms with Gasteiger partial charge in [0.15, 0.2) is 0 Å². The maximum absolute atomic E-state index is 12.5. The Kier molecular flexibility index (Phi) is 7.18. The summed E-state index contributed by atoms with van der Waals surface area (Å²) in [6.07, 6.45) is 8.27. The minimum atomic E-state index is -0.225. The van der Waals surface area contributed by atoms with Crippen LogP contribution in [0.4, 0.5) is 5.69 Å². The first-order chi connectivity index (χ1) is 13.6. The molecule has 2 saturated heterocycles. The van der Waals surface area contributed by atoms with Gasteiger partial charge in [-0.15, -0.1) is 6.42 Å². The fourth-order valence-electron chi connectivity index (χ4n) is 3.87. The molecule has 0 bridgehead atoms. The van der Waals surface area contributed by atoms with Gasteiger partial charge in [-0.3, -0.25) is 14.5 Å². The predicted molar refractivity (Wildman–Crippen MR) is 111 cm³/mol. The first kappa shape index (κ1) is 20.5. The minimum Gasteiger partial charge on any atom is -0.368 e. The van der Waals surface area contributed by atoms with Crippen molar-refractivity contribution >= 4 is 29.1 Å². The average molecular weight is 403 g/mol. The maximum Gasteiger partial charge on any atom is 0.242 e. The van der Waals surface area contributed by atoms with Crippen LogP contribution < -0.4 is 10.2 Å². The molecular formula is C21H27ClN4O2. The zero-order chi connectivity index (χ0) is 19.9. The number of anilines is 1. The van der Waals surface area contributed by atoms with Crippen LogP contribution in [-0.2, 0) is 9.59 Å². The molecule has 3 rings (SSSR count). The van der Waals surface area contributed by atoms with E-state index in [4.69, 9.17) is 18.0 Å². The van der Waals surface area contributed by atoms with E-state index in [0.717, 1.165) is 44.6 Å². The lowest BCUT2D eigenvalue weighted by Crippen LogP contribution is -2.54. The van der Waals surface area contributed by atoms with Crippen LogP contribution >= 0.6 is 11.6 Å². The molecule has 0 aliphatic carbocycles. The van der Waals surface area contributed by atoms with Gasteiger partial charge in [0.1, 0.15) is 0 Å². The summed E-state index contributed by atoms with van der Waals surface area (Å²) in [5.41, 5.74) is 1.07. The molecule has 2 fully saturated rings. The van der Waals surface area contributed by atoms with Crippen LogP contribution in [0.2, 0.25) is 5.02 Å². The lowest BCUT2D eigenvalue weighted by atomic mass is 10.0. The van der Waals surface area contributed by atoms with Crippen molar-refractivity contribution in [3.8, 4) is 12.3 Å². The number of piperidine rings is 1. The number of hydrogen-bond acceptors (Lipinski definition) is 4. The van der Waals surface area contributed by atoms with Crippen molar-refractivity contribution in [3.63, 3.8) is 0 Å². The van der Waals surface area contributed by atoms with Crippen LogP contribution in [-0.4, -0.2) is 73.5 Å². The fourth-order valence-corrected chi connectivity index (χ4v) is 4.06. The summed E-state index contributed by atoms with van der Waals surface area (Å²) < 4.78 is 0. The highest BCUT2D eigenvalue weighted by Crippen LogP contribution is 2.21. The third-order valence-corrected chi connectivity index (χ3v) is 5.67. The van der Waals surface area contributed by atoms with Gasteiger partial charge in [0.2, 0.25) is 11.8 Å². The normalized spacial score (nSPS) is 20.5. The Hall–Kier alpha value is -2.23. The minimum absolute atomic E-state index is 0.0381. The first-order valence-electron chi connectivity index (χ1n) is 9.82.